The minimum absolute atomic E-state index is 0.185. The van der Waals surface area contributed by atoms with E-state index in [9.17, 15) is 8.42 Å². The van der Waals surface area contributed by atoms with E-state index in [1.54, 1.807) is 31.3 Å². The van der Waals surface area contributed by atoms with Gasteiger partial charge in [-0.05, 0) is 48.5 Å². The van der Waals surface area contributed by atoms with Gasteiger partial charge in [-0.25, -0.2) is 0 Å². The van der Waals surface area contributed by atoms with E-state index in [0.29, 0.717) is 17.1 Å². The van der Waals surface area contributed by atoms with Crippen molar-refractivity contribution in [2.45, 2.75) is 4.90 Å². The molecule has 0 fully saturated rings. The zero-order valence-electron chi connectivity index (χ0n) is 11.1. The van der Waals surface area contributed by atoms with E-state index in [1.807, 2.05) is 0 Å². The van der Waals surface area contributed by atoms with Gasteiger partial charge in [0.05, 0.1) is 22.0 Å². The largest absolute Gasteiger partial charge is 0.294 e. The lowest BCUT2D eigenvalue weighted by atomic mass is 10.3. The van der Waals surface area contributed by atoms with Gasteiger partial charge in [0.2, 0.25) is 0 Å². The number of hydrogen-bond acceptors (Lipinski definition) is 6. The normalized spacial score (nSPS) is 12.3. The molecule has 0 saturated heterocycles. The Kier molecular flexibility index (Phi) is 4.51. The summed E-state index contributed by atoms with van der Waals surface area (Å²) in [7, 11) is -2.60. The van der Waals surface area contributed by atoms with Gasteiger partial charge in [0, 0.05) is 7.05 Å². The molecule has 0 aliphatic rings. The van der Waals surface area contributed by atoms with Gasteiger partial charge in [0.15, 0.2) is 0 Å². The lowest BCUT2D eigenvalue weighted by molar-refractivity contribution is 0.483. The molecule has 8 heteroatoms. The van der Waals surface area contributed by atoms with Gasteiger partial charge in [0.1, 0.15) is 0 Å². The molecular weight excluding hydrogens is 292 g/mol. The smallest absolute Gasteiger partial charge is 0.282 e. The summed E-state index contributed by atoms with van der Waals surface area (Å²) in [6.45, 7) is 0. The SMILES string of the molecule is CN=Nc1ccc(N=Nc2ccc(S(=O)(=O)O)cc2)cc1. The molecule has 0 bridgehead atoms. The highest BCUT2D eigenvalue weighted by atomic mass is 32.2. The first-order valence-corrected chi connectivity index (χ1v) is 7.32. The molecule has 0 aliphatic carbocycles. The molecule has 2 aromatic rings. The van der Waals surface area contributed by atoms with Gasteiger partial charge in [-0.15, -0.1) is 0 Å². The monoisotopic (exact) mass is 304 g/mol. The zero-order chi connectivity index (χ0) is 15.3. The molecule has 0 saturated carbocycles. The van der Waals surface area contributed by atoms with Crippen LogP contribution in [0, 0.1) is 0 Å². The van der Waals surface area contributed by atoms with Crippen molar-refractivity contribution in [2.75, 3.05) is 7.05 Å². The first kappa shape index (κ1) is 14.9. The summed E-state index contributed by atoms with van der Waals surface area (Å²) in [6.07, 6.45) is 0. The van der Waals surface area contributed by atoms with Gasteiger partial charge in [-0.1, -0.05) is 0 Å². The van der Waals surface area contributed by atoms with Crippen LogP contribution in [0.5, 0.6) is 0 Å². The van der Waals surface area contributed by atoms with Crippen LogP contribution in [-0.4, -0.2) is 20.0 Å². The van der Waals surface area contributed by atoms with Crippen molar-refractivity contribution in [3.63, 3.8) is 0 Å². The maximum atomic E-state index is 10.9. The Morgan fingerprint density at radius 1 is 0.762 bits per heavy atom. The van der Waals surface area contributed by atoms with Gasteiger partial charge in [-0.3, -0.25) is 4.55 Å². The van der Waals surface area contributed by atoms with Crippen LogP contribution in [0.4, 0.5) is 17.1 Å². The molecule has 0 aliphatic heterocycles. The van der Waals surface area contributed by atoms with Crippen LogP contribution < -0.4 is 0 Å². The third-order valence-corrected chi connectivity index (χ3v) is 3.35. The number of hydrogen-bond donors (Lipinski definition) is 1. The van der Waals surface area contributed by atoms with Crippen molar-refractivity contribution < 1.29 is 13.0 Å². The lowest BCUT2D eigenvalue weighted by Gasteiger charge is -1.97. The third-order valence-electron chi connectivity index (χ3n) is 2.48. The number of benzene rings is 2. The number of azo groups is 2. The van der Waals surface area contributed by atoms with E-state index >= 15 is 0 Å². The molecular formula is C13H12N4O3S. The summed E-state index contributed by atoms with van der Waals surface area (Å²) < 4.78 is 30.6. The second-order valence-corrected chi connectivity index (χ2v) is 5.41. The molecule has 2 rings (SSSR count). The van der Waals surface area contributed by atoms with Crippen molar-refractivity contribution in [1.82, 2.24) is 0 Å². The van der Waals surface area contributed by atoms with Gasteiger partial charge in [0.25, 0.3) is 10.1 Å². The van der Waals surface area contributed by atoms with Crippen molar-refractivity contribution in [3.8, 4) is 0 Å². The summed E-state index contributed by atoms with van der Waals surface area (Å²) in [5, 5.41) is 15.5. The zero-order valence-corrected chi connectivity index (χ0v) is 11.9. The van der Waals surface area contributed by atoms with E-state index < -0.39 is 10.1 Å². The summed E-state index contributed by atoms with van der Waals surface area (Å²) in [4.78, 5) is -0.185. The van der Waals surface area contributed by atoms with Crippen LogP contribution in [0.3, 0.4) is 0 Å². The van der Waals surface area contributed by atoms with E-state index in [1.165, 1.54) is 24.3 Å². The Bertz CT molecular complexity index is 766. The second-order valence-electron chi connectivity index (χ2n) is 3.99. The number of nitrogens with zero attached hydrogens (tertiary/aromatic N) is 4. The minimum atomic E-state index is -4.19. The highest BCUT2D eigenvalue weighted by Gasteiger charge is 2.07. The Labute approximate surface area is 121 Å². The molecule has 108 valence electrons. The molecule has 0 atom stereocenters. The fourth-order valence-corrected chi connectivity index (χ4v) is 1.98. The highest BCUT2D eigenvalue weighted by molar-refractivity contribution is 7.85. The Balaban J connectivity index is 2.14. The fourth-order valence-electron chi connectivity index (χ4n) is 1.50. The summed E-state index contributed by atoms with van der Waals surface area (Å²) >= 11 is 0. The summed E-state index contributed by atoms with van der Waals surface area (Å²) in [6, 6.07) is 12.4. The molecule has 0 spiro atoms. The van der Waals surface area contributed by atoms with Crippen molar-refractivity contribution >= 4 is 27.2 Å². The summed E-state index contributed by atoms with van der Waals surface area (Å²) in [5.74, 6) is 0. The quantitative estimate of drug-likeness (QED) is 0.680. The minimum Gasteiger partial charge on any atom is -0.282 e. The van der Waals surface area contributed by atoms with Crippen LogP contribution in [0.15, 0.2) is 73.9 Å². The van der Waals surface area contributed by atoms with Crippen LogP contribution >= 0.6 is 0 Å². The number of rotatable bonds is 4. The fraction of sp³-hybridized carbons (Fsp3) is 0.0769. The molecule has 1 N–H and O–H groups in total. The van der Waals surface area contributed by atoms with Crippen molar-refractivity contribution in [1.29, 1.82) is 0 Å². The van der Waals surface area contributed by atoms with Crippen molar-refractivity contribution in [2.24, 2.45) is 20.5 Å². The van der Waals surface area contributed by atoms with Gasteiger partial charge < -0.3 is 0 Å². The molecule has 0 radical (unpaired) electrons. The maximum Gasteiger partial charge on any atom is 0.294 e. The second kappa shape index (κ2) is 6.33. The van der Waals surface area contributed by atoms with Crippen LogP contribution in [0.1, 0.15) is 0 Å². The average Bonchev–Trinajstić information content (AvgIpc) is 2.46. The molecule has 21 heavy (non-hydrogen) atoms. The molecule has 7 nitrogen and oxygen atoms in total. The van der Waals surface area contributed by atoms with Gasteiger partial charge in [-0.2, -0.15) is 28.9 Å². The highest BCUT2D eigenvalue weighted by Crippen LogP contribution is 2.22. The summed E-state index contributed by atoms with van der Waals surface area (Å²) in [5.41, 5.74) is 1.82. The van der Waals surface area contributed by atoms with Crippen LogP contribution in [0.2, 0.25) is 0 Å². The van der Waals surface area contributed by atoms with E-state index in [4.69, 9.17) is 4.55 Å². The molecule has 0 unspecified atom stereocenters. The first-order valence-electron chi connectivity index (χ1n) is 5.88. The van der Waals surface area contributed by atoms with E-state index in [-0.39, 0.29) is 4.90 Å². The van der Waals surface area contributed by atoms with E-state index in [2.05, 4.69) is 20.5 Å². The molecule has 0 aromatic heterocycles. The van der Waals surface area contributed by atoms with Crippen molar-refractivity contribution in [3.05, 3.63) is 48.5 Å². The Hall–Kier alpha value is -2.45. The topological polar surface area (TPSA) is 104 Å². The third kappa shape index (κ3) is 4.26. The Morgan fingerprint density at radius 2 is 1.14 bits per heavy atom. The Morgan fingerprint density at radius 3 is 1.52 bits per heavy atom. The maximum absolute atomic E-state index is 10.9. The van der Waals surface area contributed by atoms with Crippen LogP contribution in [-0.2, 0) is 10.1 Å². The lowest BCUT2D eigenvalue weighted by Crippen LogP contribution is -1.96. The first-order chi connectivity index (χ1) is 9.99. The van der Waals surface area contributed by atoms with Crippen LogP contribution in [0.25, 0.3) is 0 Å². The van der Waals surface area contributed by atoms with E-state index in [0.717, 1.165) is 0 Å². The standard InChI is InChI=1S/C13H12N4O3S/c1-14-15-10-2-4-11(5-3-10)16-17-12-6-8-13(9-7-12)21(18,19)20/h2-9H,1H3,(H,18,19,20). The average molecular weight is 304 g/mol. The molecule has 0 heterocycles. The predicted molar refractivity (Wildman–Crippen MR) is 77.3 cm³/mol. The van der Waals surface area contributed by atoms with Gasteiger partial charge >= 0.3 is 0 Å². The molecule has 0 amide bonds. The molecule has 2 aromatic carbocycles. The predicted octanol–water partition coefficient (Wildman–Crippen LogP) is 4.06.